The summed E-state index contributed by atoms with van der Waals surface area (Å²) < 4.78 is 6.75. The molecule has 0 aliphatic heterocycles. The van der Waals surface area contributed by atoms with E-state index in [2.05, 4.69) is 10.4 Å². The molecule has 0 spiro atoms. The molecule has 0 atom stereocenters. The highest BCUT2D eigenvalue weighted by Crippen LogP contribution is 2.35. The number of carbonyl (C=O) groups excluding carboxylic acids is 1. The lowest BCUT2D eigenvalue weighted by Crippen LogP contribution is -2.43. The normalized spacial score (nSPS) is 15.0. The maximum Gasteiger partial charge on any atom is 0.329 e. The molecule has 7 nitrogen and oxygen atoms in total. The van der Waals surface area contributed by atoms with Crippen LogP contribution in [0.2, 0.25) is 0 Å². The zero-order valence-electron chi connectivity index (χ0n) is 12.9. The van der Waals surface area contributed by atoms with Gasteiger partial charge in [-0.3, -0.25) is 4.79 Å². The summed E-state index contributed by atoms with van der Waals surface area (Å²) in [5, 5.41) is 16.0. The summed E-state index contributed by atoms with van der Waals surface area (Å²) in [5.74, 6) is -0.744. The first kappa shape index (κ1) is 15.1. The molecule has 2 aromatic rings. The highest BCUT2D eigenvalue weighted by Gasteiger charge is 2.51. The smallest absolute Gasteiger partial charge is 0.329 e. The van der Waals surface area contributed by atoms with Crippen molar-refractivity contribution in [2.24, 2.45) is 0 Å². The van der Waals surface area contributed by atoms with Crippen molar-refractivity contribution in [2.45, 2.75) is 25.3 Å². The summed E-state index contributed by atoms with van der Waals surface area (Å²) in [6, 6.07) is 8.91. The largest absolute Gasteiger partial charge is 0.497 e. The van der Waals surface area contributed by atoms with Crippen molar-refractivity contribution in [3.8, 4) is 11.4 Å². The van der Waals surface area contributed by atoms with Crippen LogP contribution in [0.5, 0.6) is 5.75 Å². The van der Waals surface area contributed by atoms with E-state index in [9.17, 15) is 9.59 Å². The predicted octanol–water partition coefficient (Wildman–Crippen LogP) is 1.54. The van der Waals surface area contributed by atoms with Gasteiger partial charge in [0.05, 0.1) is 12.8 Å². The number of ether oxygens (including phenoxy) is 1. The molecule has 2 N–H and O–H groups in total. The summed E-state index contributed by atoms with van der Waals surface area (Å²) in [6.45, 7) is 1.83. The summed E-state index contributed by atoms with van der Waals surface area (Å²) >= 11 is 0. The first-order valence-electron chi connectivity index (χ1n) is 7.22. The van der Waals surface area contributed by atoms with Crippen LogP contribution in [0.15, 0.2) is 30.3 Å². The van der Waals surface area contributed by atoms with Crippen LogP contribution in [0.4, 0.5) is 0 Å². The summed E-state index contributed by atoms with van der Waals surface area (Å²) in [6.07, 6.45) is 0.901. The van der Waals surface area contributed by atoms with E-state index in [1.165, 1.54) is 0 Å². The molecular formula is C16H17N3O4. The van der Waals surface area contributed by atoms with Gasteiger partial charge in [-0.25, -0.2) is 9.48 Å². The van der Waals surface area contributed by atoms with Crippen molar-refractivity contribution in [2.75, 3.05) is 7.11 Å². The van der Waals surface area contributed by atoms with Gasteiger partial charge < -0.3 is 15.2 Å². The zero-order valence-corrected chi connectivity index (χ0v) is 12.9. The number of carboxylic acids is 1. The van der Waals surface area contributed by atoms with Gasteiger partial charge in [-0.15, -0.1) is 0 Å². The number of aromatic nitrogens is 2. The fourth-order valence-electron chi connectivity index (χ4n) is 2.37. The van der Waals surface area contributed by atoms with Gasteiger partial charge in [0.2, 0.25) is 0 Å². The molecule has 23 heavy (non-hydrogen) atoms. The molecule has 1 aromatic heterocycles. The Labute approximate surface area is 132 Å². The van der Waals surface area contributed by atoms with Gasteiger partial charge in [-0.1, -0.05) is 0 Å². The summed E-state index contributed by atoms with van der Waals surface area (Å²) in [5.41, 5.74) is 0.655. The van der Waals surface area contributed by atoms with E-state index < -0.39 is 17.4 Å². The number of aryl methyl sites for hydroxylation is 1. The predicted molar refractivity (Wildman–Crippen MR) is 81.9 cm³/mol. The molecule has 1 aromatic carbocycles. The van der Waals surface area contributed by atoms with E-state index in [-0.39, 0.29) is 5.69 Å². The molecule has 0 bridgehead atoms. The molecule has 0 radical (unpaired) electrons. The van der Waals surface area contributed by atoms with Crippen LogP contribution in [0.25, 0.3) is 5.69 Å². The van der Waals surface area contributed by atoms with Gasteiger partial charge in [0.15, 0.2) is 5.69 Å². The molecule has 1 aliphatic rings. The fraction of sp³-hybridized carbons (Fsp3) is 0.312. The lowest BCUT2D eigenvalue weighted by molar-refractivity contribution is -0.140. The third-order valence-electron chi connectivity index (χ3n) is 3.95. The Kier molecular flexibility index (Phi) is 3.55. The maximum atomic E-state index is 12.2. The second-order valence-corrected chi connectivity index (χ2v) is 5.62. The maximum absolute atomic E-state index is 12.2. The molecule has 0 saturated heterocycles. The van der Waals surface area contributed by atoms with Crippen molar-refractivity contribution in [1.29, 1.82) is 0 Å². The number of methoxy groups -OCH3 is 1. The van der Waals surface area contributed by atoms with Gasteiger partial charge >= 0.3 is 5.97 Å². The Hall–Kier alpha value is -2.83. The van der Waals surface area contributed by atoms with Crippen LogP contribution in [-0.2, 0) is 4.79 Å². The molecule has 120 valence electrons. The lowest BCUT2D eigenvalue weighted by Gasteiger charge is -2.10. The molecule has 1 fully saturated rings. The third-order valence-corrected chi connectivity index (χ3v) is 3.95. The van der Waals surface area contributed by atoms with E-state index >= 15 is 0 Å². The molecule has 7 heteroatoms. The summed E-state index contributed by atoms with van der Waals surface area (Å²) in [7, 11) is 1.59. The molecular weight excluding hydrogens is 298 g/mol. The number of hydrogen-bond donors (Lipinski definition) is 2. The van der Waals surface area contributed by atoms with Gasteiger partial charge in [-0.05, 0) is 50.1 Å². The number of carboxylic acid groups (broad SMARTS) is 1. The minimum Gasteiger partial charge on any atom is -0.497 e. The molecule has 1 heterocycles. The molecule has 3 rings (SSSR count). The van der Waals surface area contributed by atoms with E-state index in [4.69, 9.17) is 9.84 Å². The van der Waals surface area contributed by atoms with Crippen LogP contribution in [0.1, 0.15) is 29.0 Å². The lowest BCUT2D eigenvalue weighted by atomic mass is 10.2. The standard InChI is InChI=1S/C16H17N3O4/c1-10-9-13(14(20)17-16(7-8-16)15(21)22)18-19(10)11-3-5-12(23-2)6-4-11/h3-6,9H,7-8H2,1-2H3,(H,17,20)(H,21,22). The van der Waals surface area contributed by atoms with Crippen LogP contribution >= 0.6 is 0 Å². The Morgan fingerprint density at radius 3 is 2.48 bits per heavy atom. The van der Waals surface area contributed by atoms with Crippen molar-refractivity contribution in [3.63, 3.8) is 0 Å². The second-order valence-electron chi connectivity index (χ2n) is 5.62. The topological polar surface area (TPSA) is 93.5 Å². The van der Waals surface area contributed by atoms with Crippen LogP contribution in [-0.4, -0.2) is 39.4 Å². The van der Waals surface area contributed by atoms with Crippen molar-refractivity contribution in [3.05, 3.63) is 41.7 Å². The van der Waals surface area contributed by atoms with Gasteiger partial charge in [-0.2, -0.15) is 5.10 Å². The fourth-order valence-corrected chi connectivity index (χ4v) is 2.37. The second kappa shape index (κ2) is 5.42. The van der Waals surface area contributed by atoms with E-state index in [0.29, 0.717) is 12.8 Å². The highest BCUT2D eigenvalue weighted by molar-refractivity contribution is 5.97. The van der Waals surface area contributed by atoms with Gasteiger partial charge in [0, 0.05) is 5.69 Å². The number of benzene rings is 1. The molecule has 1 amide bonds. The zero-order chi connectivity index (χ0) is 16.6. The Bertz CT molecular complexity index is 760. The average molecular weight is 315 g/mol. The Balaban J connectivity index is 1.82. The first-order valence-corrected chi connectivity index (χ1v) is 7.22. The number of aliphatic carboxylic acids is 1. The van der Waals surface area contributed by atoms with Gasteiger partial charge in [0.25, 0.3) is 5.91 Å². The Morgan fingerprint density at radius 2 is 1.96 bits per heavy atom. The number of nitrogens with one attached hydrogen (secondary N) is 1. The molecule has 1 saturated carbocycles. The van der Waals surface area contributed by atoms with Gasteiger partial charge in [0.1, 0.15) is 11.3 Å². The van der Waals surface area contributed by atoms with Crippen LogP contribution in [0, 0.1) is 6.92 Å². The van der Waals surface area contributed by atoms with Crippen LogP contribution < -0.4 is 10.1 Å². The average Bonchev–Trinajstić information content (AvgIpc) is 3.22. The first-order chi connectivity index (χ1) is 10.9. The van der Waals surface area contributed by atoms with E-state index in [1.54, 1.807) is 30.0 Å². The Morgan fingerprint density at radius 1 is 1.30 bits per heavy atom. The van der Waals surface area contributed by atoms with E-state index in [0.717, 1.165) is 17.1 Å². The number of nitrogens with zero attached hydrogens (tertiary/aromatic N) is 2. The summed E-state index contributed by atoms with van der Waals surface area (Å²) in [4.78, 5) is 23.4. The number of carbonyl (C=O) groups is 2. The van der Waals surface area contributed by atoms with Crippen LogP contribution in [0.3, 0.4) is 0 Å². The van der Waals surface area contributed by atoms with Crippen molar-refractivity contribution >= 4 is 11.9 Å². The third kappa shape index (κ3) is 2.77. The minimum atomic E-state index is -1.12. The van der Waals surface area contributed by atoms with Crippen molar-refractivity contribution in [1.82, 2.24) is 15.1 Å². The van der Waals surface area contributed by atoms with Crippen molar-refractivity contribution < 1.29 is 19.4 Å². The number of hydrogen-bond acceptors (Lipinski definition) is 4. The highest BCUT2D eigenvalue weighted by atomic mass is 16.5. The quantitative estimate of drug-likeness (QED) is 0.873. The number of amides is 1. The number of rotatable bonds is 5. The SMILES string of the molecule is COc1ccc(-n2nc(C(=O)NC3(C(=O)O)CC3)cc2C)cc1. The van der Waals surface area contributed by atoms with E-state index in [1.807, 2.05) is 19.1 Å². The monoisotopic (exact) mass is 315 g/mol. The minimum absolute atomic E-state index is 0.200. The molecule has 0 unspecified atom stereocenters. The molecule has 1 aliphatic carbocycles.